The highest BCUT2D eigenvalue weighted by Gasteiger charge is 2.65. The summed E-state index contributed by atoms with van der Waals surface area (Å²) in [7, 11) is 0. The maximum atomic E-state index is 12.5. The van der Waals surface area contributed by atoms with E-state index < -0.39 is 11.5 Å². The number of nitriles is 2. The third kappa shape index (κ3) is 6.30. The Morgan fingerprint density at radius 2 is 1.94 bits per heavy atom. The van der Waals surface area contributed by atoms with Crippen LogP contribution in [0, 0.1) is 28.6 Å². The molecule has 3 aliphatic rings. The molecule has 0 bridgehead atoms. The van der Waals surface area contributed by atoms with E-state index in [9.17, 15) is 20.4 Å². The second-order valence-corrected chi connectivity index (χ2v) is 12.5. The van der Waals surface area contributed by atoms with Crippen molar-refractivity contribution in [1.29, 1.82) is 10.5 Å². The predicted molar refractivity (Wildman–Crippen MR) is 178 cm³/mol. The number of aliphatic carboxylic acids is 1. The molecule has 0 spiro atoms. The van der Waals surface area contributed by atoms with Gasteiger partial charge >= 0.3 is 5.97 Å². The number of allylic oxidation sites excluding steroid dienone is 5. The molecule has 6 rings (SSSR count). The van der Waals surface area contributed by atoms with Crippen molar-refractivity contribution in [1.82, 2.24) is 9.88 Å². The maximum Gasteiger partial charge on any atom is 0.324 e. The Labute approximate surface area is 275 Å². The van der Waals surface area contributed by atoms with Gasteiger partial charge in [0.1, 0.15) is 42.4 Å². The van der Waals surface area contributed by atoms with Crippen LogP contribution in [-0.4, -0.2) is 33.0 Å². The largest absolute Gasteiger partial charge is 0.488 e. The zero-order valence-corrected chi connectivity index (χ0v) is 26.7. The first kappa shape index (κ1) is 31.8. The fraction of sp³-hybridized carbons (Fsp3) is 0.333. The van der Waals surface area contributed by atoms with E-state index >= 15 is 0 Å². The average Bonchev–Trinajstić information content (AvgIpc) is 3.67. The molecule has 0 unspecified atom stereocenters. The summed E-state index contributed by atoms with van der Waals surface area (Å²) in [4.78, 5) is 18.8. The molecular weight excluding hydrogens is 588 g/mol. The summed E-state index contributed by atoms with van der Waals surface area (Å²) in [5.41, 5.74) is 6.90. The third-order valence-electron chi connectivity index (χ3n) is 9.76. The summed E-state index contributed by atoms with van der Waals surface area (Å²) in [6.07, 6.45) is 15.9. The minimum atomic E-state index is -0.798. The number of pyridine rings is 1. The molecule has 2 heterocycles. The lowest BCUT2D eigenvalue weighted by atomic mass is 9.96. The summed E-state index contributed by atoms with van der Waals surface area (Å²) in [5.74, 6) is 0.813. The summed E-state index contributed by atoms with van der Waals surface area (Å²) in [5, 5.41) is 29.8. The molecule has 1 aliphatic heterocycles. The van der Waals surface area contributed by atoms with Gasteiger partial charge in [0.2, 0.25) is 0 Å². The number of fused-ring (bicyclic) bond motifs is 2. The van der Waals surface area contributed by atoms with E-state index in [2.05, 4.69) is 28.6 Å². The SMILES string of the molecule is C=C/C=C\C=C(/C)c1cccc(COc2cc(OCc3cncc(C#N)c3)c(CN3CCC[C@@H]4C[C@@]43C(=O)O)c3c2CCC3)c1C#N. The molecule has 2 aliphatic carbocycles. The van der Waals surface area contributed by atoms with Gasteiger partial charge in [0.05, 0.1) is 11.1 Å². The second kappa shape index (κ2) is 13.7. The van der Waals surface area contributed by atoms with Crippen molar-refractivity contribution in [2.45, 2.75) is 70.7 Å². The fourth-order valence-corrected chi connectivity index (χ4v) is 7.30. The van der Waals surface area contributed by atoms with E-state index in [1.807, 2.05) is 49.4 Å². The van der Waals surface area contributed by atoms with Crippen LogP contribution in [0.3, 0.4) is 0 Å². The van der Waals surface area contributed by atoms with Gasteiger partial charge in [0.15, 0.2) is 0 Å². The van der Waals surface area contributed by atoms with Crippen LogP contribution in [0.25, 0.3) is 5.57 Å². The Morgan fingerprint density at radius 3 is 2.72 bits per heavy atom. The predicted octanol–water partition coefficient (Wildman–Crippen LogP) is 7.06. The number of ether oxygens (including phenoxy) is 2. The molecule has 47 heavy (non-hydrogen) atoms. The molecule has 3 aromatic rings. The molecule has 0 amide bonds. The van der Waals surface area contributed by atoms with Crippen LogP contribution < -0.4 is 9.47 Å². The van der Waals surface area contributed by atoms with Crippen molar-refractivity contribution in [3.05, 3.63) is 118 Å². The molecule has 238 valence electrons. The molecule has 2 atom stereocenters. The van der Waals surface area contributed by atoms with Gasteiger partial charge in [-0.05, 0) is 86.2 Å². The topological polar surface area (TPSA) is 119 Å². The number of carboxylic acid groups (broad SMARTS) is 1. The van der Waals surface area contributed by atoms with Crippen LogP contribution in [-0.2, 0) is 37.4 Å². The standard InChI is InChI=1S/C39H38N4O4/c1-3-4-5-9-26(2)31-12-6-10-29(34(31)20-41)25-47-36-17-37(46-24-28-16-27(19-40)21-42-22-28)35(32-13-7-14-33(32)36)23-43-15-8-11-30-18-39(30,43)38(44)45/h3-6,9-10,12,16-17,21-22,30H,1,7-8,11,13-15,18,23-25H2,2H3,(H,44,45)/b5-4-,26-9+/t30-,39+/m1/s1. The van der Waals surface area contributed by atoms with Crippen LogP contribution in [0.2, 0.25) is 0 Å². The number of aromatic nitrogens is 1. The van der Waals surface area contributed by atoms with E-state index in [-0.39, 0.29) is 19.1 Å². The third-order valence-corrected chi connectivity index (χ3v) is 9.76. The van der Waals surface area contributed by atoms with Gasteiger partial charge in [-0.2, -0.15) is 10.5 Å². The average molecular weight is 627 g/mol. The van der Waals surface area contributed by atoms with Crippen molar-refractivity contribution in [2.24, 2.45) is 5.92 Å². The number of likely N-dealkylation sites (tertiary alicyclic amines) is 1. The zero-order chi connectivity index (χ0) is 33.0. The smallest absolute Gasteiger partial charge is 0.324 e. The normalized spacial score (nSPS) is 20.1. The minimum absolute atomic E-state index is 0.190. The number of hydrogen-bond acceptors (Lipinski definition) is 7. The van der Waals surface area contributed by atoms with Gasteiger partial charge in [0.25, 0.3) is 0 Å². The van der Waals surface area contributed by atoms with Crippen LogP contribution in [0.1, 0.15) is 77.1 Å². The van der Waals surface area contributed by atoms with E-state index in [1.165, 1.54) is 6.20 Å². The van der Waals surface area contributed by atoms with E-state index in [0.717, 1.165) is 77.6 Å². The highest BCUT2D eigenvalue weighted by Crippen LogP contribution is 2.55. The number of rotatable bonds is 12. The monoisotopic (exact) mass is 626 g/mol. The van der Waals surface area contributed by atoms with Crippen molar-refractivity contribution >= 4 is 11.5 Å². The first-order valence-corrected chi connectivity index (χ1v) is 16.1. The molecular formula is C39H38N4O4. The Balaban J connectivity index is 1.34. The highest BCUT2D eigenvalue weighted by atomic mass is 16.5. The van der Waals surface area contributed by atoms with Crippen LogP contribution in [0.5, 0.6) is 11.5 Å². The first-order valence-electron chi connectivity index (χ1n) is 16.1. The molecule has 1 saturated heterocycles. The van der Waals surface area contributed by atoms with Gasteiger partial charge in [-0.3, -0.25) is 14.7 Å². The molecule has 1 aromatic heterocycles. The highest BCUT2D eigenvalue weighted by molar-refractivity contribution is 5.83. The van der Waals surface area contributed by atoms with E-state index in [4.69, 9.17) is 9.47 Å². The number of carbonyl (C=O) groups is 1. The number of benzene rings is 2. The van der Waals surface area contributed by atoms with Crippen molar-refractivity contribution in [3.63, 3.8) is 0 Å². The molecule has 1 N–H and O–H groups in total. The Morgan fingerprint density at radius 1 is 1.11 bits per heavy atom. The second-order valence-electron chi connectivity index (χ2n) is 12.5. The van der Waals surface area contributed by atoms with Crippen molar-refractivity contribution in [2.75, 3.05) is 6.54 Å². The van der Waals surface area contributed by atoms with Crippen LogP contribution in [0.4, 0.5) is 0 Å². The van der Waals surface area contributed by atoms with Crippen LogP contribution >= 0.6 is 0 Å². The summed E-state index contributed by atoms with van der Waals surface area (Å²) < 4.78 is 13.0. The molecule has 2 aromatic carbocycles. The van der Waals surface area contributed by atoms with Gasteiger partial charge < -0.3 is 14.6 Å². The molecule has 2 fully saturated rings. The lowest BCUT2D eigenvalue weighted by Crippen LogP contribution is -2.47. The lowest BCUT2D eigenvalue weighted by Gasteiger charge is -2.34. The minimum Gasteiger partial charge on any atom is -0.488 e. The molecule has 8 heteroatoms. The fourth-order valence-electron chi connectivity index (χ4n) is 7.30. The Hall–Kier alpha value is -5.18. The van der Waals surface area contributed by atoms with Gasteiger partial charge in [0, 0.05) is 41.7 Å². The maximum absolute atomic E-state index is 12.5. The first-order chi connectivity index (χ1) is 22.9. The number of hydrogen-bond donors (Lipinski definition) is 1. The van der Waals surface area contributed by atoms with Crippen molar-refractivity contribution in [3.8, 4) is 23.6 Å². The number of nitrogens with zero attached hydrogens (tertiary/aromatic N) is 4. The zero-order valence-electron chi connectivity index (χ0n) is 26.7. The van der Waals surface area contributed by atoms with Crippen LogP contribution in [0.15, 0.2) is 73.6 Å². The quantitative estimate of drug-likeness (QED) is 0.212. The number of piperidine rings is 1. The summed E-state index contributed by atoms with van der Waals surface area (Å²) in [6.45, 7) is 7.32. The molecule has 8 nitrogen and oxygen atoms in total. The Bertz CT molecular complexity index is 1860. The van der Waals surface area contributed by atoms with Gasteiger partial charge in [-0.25, -0.2) is 0 Å². The van der Waals surface area contributed by atoms with Crippen molar-refractivity contribution < 1.29 is 19.4 Å². The molecule has 1 saturated carbocycles. The summed E-state index contributed by atoms with van der Waals surface area (Å²) in [6, 6.07) is 14.0. The molecule has 0 radical (unpaired) electrons. The van der Waals surface area contributed by atoms with Gasteiger partial charge in [-0.1, -0.05) is 49.1 Å². The Kier molecular flexibility index (Phi) is 9.24. The van der Waals surface area contributed by atoms with E-state index in [1.54, 1.807) is 18.3 Å². The van der Waals surface area contributed by atoms with Gasteiger partial charge in [-0.15, -0.1) is 0 Å². The van der Waals surface area contributed by atoms with E-state index in [0.29, 0.717) is 35.6 Å². The number of carboxylic acids is 1. The summed E-state index contributed by atoms with van der Waals surface area (Å²) >= 11 is 0. The lowest BCUT2D eigenvalue weighted by molar-refractivity contribution is -0.147.